The fraction of sp³-hybridized carbons (Fsp3) is 0.308. The number of benzene rings is 3. The molecule has 12 nitrogen and oxygen atoms in total. The van der Waals surface area contributed by atoms with Gasteiger partial charge in [-0.15, -0.1) is 0 Å². The van der Waals surface area contributed by atoms with Gasteiger partial charge in [-0.05, 0) is 72.5 Å². The van der Waals surface area contributed by atoms with Gasteiger partial charge in [0.05, 0.1) is 22.9 Å². The Hall–Kier alpha value is -5.91. The Morgan fingerprint density at radius 2 is 1.53 bits per heavy atom. The van der Waals surface area contributed by atoms with Crippen LogP contribution in [0.15, 0.2) is 79.0 Å². The SMILES string of the molecule is CC(=O)c1nccc(COc2ccc(C(C)(C)c3ccc(OC[C@@H]4CCN4c4ccc5c(c4)C(=O)N(C4CCC(=O)NC4=O)C5=O)cc3)cc2)n1. The lowest BCUT2D eigenvalue weighted by Gasteiger charge is -2.42. The molecule has 0 spiro atoms. The standard InChI is InChI=1S/C39H37N5O7/c1-23(45)35-40-18-16-26(41-35)21-50-29-9-4-24(5-10-29)39(2,3)25-6-11-30(12-7-25)51-22-28-17-19-43(28)27-8-13-31-32(20-27)38(49)44(37(31)48)33-14-15-34(46)42-36(33)47/h4-13,16,18,20,28,33H,14-15,17,19,21-22H2,1-3H3,(H,42,46,47)/t28-,33?/m0/s1. The number of imide groups is 2. The van der Waals surface area contributed by atoms with Crippen molar-refractivity contribution in [3.8, 4) is 11.5 Å². The molecule has 1 unspecified atom stereocenters. The largest absolute Gasteiger partial charge is 0.491 e. The number of carbonyl (C=O) groups is 5. The van der Waals surface area contributed by atoms with Gasteiger partial charge in [-0.2, -0.15) is 0 Å². The zero-order valence-corrected chi connectivity index (χ0v) is 28.5. The van der Waals surface area contributed by atoms with Crippen LogP contribution in [0.5, 0.6) is 11.5 Å². The number of ketones is 1. The van der Waals surface area contributed by atoms with Crippen LogP contribution in [-0.4, -0.2) is 69.5 Å². The van der Waals surface area contributed by atoms with Gasteiger partial charge in [0.25, 0.3) is 11.8 Å². The van der Waals surface area contributed by atoms with Crippen molar-refractivity contribution in [1.29, 1.82) is 0 Å². The zero-order chi connectivity index (χ0) is 35.9. The highest BCUT2D eigenvalue weighted by Gasteiger charge is 2.45. The molecular weight excluding hydrogens is 650 g/mol. The Morgan fingerprint density at radius 1 is 0.863 bits per heavy atom. The summed E-state index contributed by atoms with van der Waals surface area (Å²) >= 11 is 0. The minimum absolute atomic E-state index is 0.0775. The molecule has 3 aliphatic rings. The van der Waals surface area contributed by atoms with Crippen molar-refractivity contribution in [1.82, 2.24) is 20.2 Å². The van der Waals surface area contributed by atoms with Crippen molar-refractivity contribution in [2.24, 2.45) is 0 Å². The predicted octanol–water partition coefficient (Wildman–Crippen LogP) is 4.64. The van der Waals surface area contributed by atoms with Crippen molar-refractivity contribution < 1.29 is 33.4 Å². The summed E-state index contributed by atoms with van der Waals surface area (Å²) in [6.45, 7) is 7.21. The van der Waals surface area contributed by atoms with E-state index in [9.17, 15) is 24.0 Å². The number of fused-ring (bicyclic) bond motifs is 1. The third-order valence-corrected chi connectivity index (χ3v) is 9.91. The molecule has 260 valence electrons. The number of Topliss-reactive ketones (excluding diaryl/α,β-unsaturated/α-hetero) is 1. The van der Waals surface area contributed by atoms with Crippen LogP contribution >= 0.6 is 0 Å². The van der Waals surface area contributed by atoms with E-state index in [0.29, 0.717) is 18.1 Å². The van der Waals surface area contributed by atoms with Gasteiger partial charge in [-0.25, -0.2) is 9.97 Å². The molecule has 1 aromatic heterocycles. The molecule has 4 amide bonds. The van der Waals surface area contributed by atoms with Gasteiger partial charge < -0.3 is 14.4 Å². The first kappa shape index (κ1) is 33.6. The first-order valence-corrected chi connectivity index (χ1v) is 16.9. The molecule has 12 heteroatoms. The topological polar surface area (TPSA) is 148 Å². The van der Waals surface area contributed by atoms with Crippen LogP contribution in [0, 0.1) is 0 Å². The van der Waals surface area contributed by atoms with Crippen LogP contribution in [0.1, 0.15) is 88.2 Å². The number of anilines is 1. The lowest BCUT2D eigenvalue weighted by atomic mass is 9.78. The minimum atomic E-state index is -0.993. The molecule has 51 heavy (non-hydrogen) atoms. The Labute approximate surface area is 294 Å². The Balaban J connectivity index is 0.944. The molecule has 7 rings (SSSR count). The van der Waals surface area contributed by atoms with E-state index in [1.807, 2.05) is 42.5 Å². The van der Waals surface area contributed by atoms with Gasteiger partial charge in [0.15, 0.2) is 11.6 Å². The fourth-order valence-corrected chi connectivity index (χ4v) is 6.69. The summed E-state index contributed by atoms with van der Waals surface area (Å²) in [4.78, 5) is 73.3. The number of nitrogens with one attached hydrogen (secondary N) is 1. The van der Waals surface area contributed by atoms with E-state index in [1.54, 1.807) is 24.4 Å². The smallest absolute Gasteiger partial charge is 0.262 e. The average molecular weight is 688 g/mol. The molecule has 2 atom stereocenters. The second-order valence-corrected chi connectivity index (χ2v) is 13.5. The molecule has 4 aromatic rings. The van der Waals surface area contributed by atoms with E-state index in [4.69, 9.17) is 9.47 Å². The second-order valence-electron chi connectivity index (χ2n) is 13.5. The number of piperidine rings is 1. The lowest BCUT2D eigenvalue weighted by Crippen LogP contribution is -2.54. The quantitative estimate of drug-likeness (QED) is 0.175. The van der Waals surface area contributed by atoms with Crippen LogP contribution in [0.25, 0.3) is 0 Å². The first-order chi connectivity index (χ1) is 24.5. The molecule has 3 aromatic carbocycles. The minimum Gasteiger partial charge on any atom is -0.491 e. The molecule has 0 radical (unpaired) electrons. The molecular formula is C39H37N5O7. The molecule has 3 aliphatic heterocycles. The van der Waals surface area contributed by atoms with Crippen molar-refractivity contribution in [2.75, 3.05) is 18.1 Å². The third-order valence-electron chi connectivity index (χ3n) is 9.91. The van der Waals surface area contributed by atoms with E-state index < -0.39 is 29.7 Å². The number of rotatable bonds is 11. The molecule has 1 N–H and O–H groups in total. The second kappa shape index (κ2) is 13.4. The lowest BCUT2D eigenvalue weighted by molar-refractivity contribution is -0.136. The van der Waals surface area contributed by atoms with Gasteiger partial charge in [0.1, 0.15) is 30.8 Å². The highest BCUT2D eigenvalue weighted by atomic mass is 16.5. The summed E-state index contributed by atoms with van der Waals surface area (Å²) in [5, 5.41) is 2.23. The monoisotopic (exact) mass is 687 g/mol. The Morgan fingerprint density at radius 3 is 2.16 bits per heavy atom. The van der Waals surface area contributed by atoms with Gasteiger partial charge >= 0.3 is 0 Å². The summed E-state index contributed by atoms with van der Waals surface area (Å²) < 4.78 is 12.1. The maximum atomic E-state index is 13.3. The highest BCUT2D eigenvalue weighted by Crippen LogP contribution is 2.36. The van der Waals surface area contributed by atoms with Crippen LogP contribution in [-0.2, 0) is 21.6 Å². The van der Waals surface area contributed by atoms with Crippen molar-refractivity contribution in [3.05, 3.63) is 113 Å². The molecule has 4 heterocycles. The van der Waals surface area contributed by atoms with E-state index in [-0.39, 0.29) is 53.6 Å². The Kier molecular flexibility index (Phi) is 8.84. The van der Waals surface area contributed by atoms with E-state index in [0.717, 1.165) is 40.4 Å². The molecule has 0 aliphatic carbocycles. The number of aromatic nitrogens is 2. The van der Waals surface area contributed by atoms with E-state index in [2.05, 4.69) is 46.2 Å². The number of hydrogen-bond donors (Lipinski definition) is 1. The molecule has 2 saturated heterocycles. The van der Waals surface area contributed by atoms with E-state index >= 15 is 0 Å². The van der Waals surface area contributed by atoms with Gasteiger partial charge in [-0.1, -0.05) is 38.1 Å². The summed E-state index contributed by atoms with van der Waals surface area (Å²) in [6, 6.07) is 22.0. The maximum absolute atomic E-state index is 13.3. The number of hydrogen-bond acceptors (Lipinski definition) is 10. The van der Waals surface area contributed by atoms with Crippen LogP contribution in [0.3, 0.4) is 0 Å². The van der Waals surface area contributed by atoms with Crippen molar-refractivity contribution >= 4 is 35.1 Å². The summed E-state index contributed by atoms with van der Waals surface area (Å²) in [6.07, 6.45) is 2.66. The number of ether oxygens (including phenoxy) is 2. The normalized spacial score (nSPS) is 18.6. The first-order valence-electron chi connectivity index (χ1n) is 16.9. The fourth-order valence-electron chi connectivity index (χ4n) is 6.69. The van der Waals surface area contributed by atoms with Crippen molar-refractivity contribution in [2.45, 2.75) is 64.1 Å². The maximum Gasteiger partial charge on any atom is 0.262 e. The number of nitrogens with zero attached hydrogens (tertiary/aromatic N) is 4. The highest BCUT2D eigenvalue weighted by molar-refractivity contribution is 6.23. The average Bonchev–Trinajstić information content (AvgIpc) is 3.35. The zero-order valence-electron chi connectivity index (χ0n) is 28.5. The summed E-state index contributed by atoms with van der Waals surface area (Å²) in [7, 11) is 0. The summed E-state index contributed by atoms with van der Waals surface area (Å²) in [5.41, 5.74) is 3.91. The third kappa shape index (κ3) is 6.56. The van der Waals surface area contributed by atoms with Crippen LogP contribution < -0.4 is 19.7 Å². The predicted molar refractivity (Wildman–Crippen MR) is 186 cm³/mol. The Bertz CT molecular complexity index is 2040. The van der Waals surface area contributed by atoms with Crippen LogP contribution in [0.4, 0.5) is 5.69 Å². The molecule has 0 bridgehead atoms. The van der Waals surface area contributed by atoms with Crippen molar-refractivity contribution in [3.63, 3.8) is 0 Å². The van der Waals surface area contributed by atoms with Gasteiger partial charge in [0.2, 0.25) is 11.8 Å². The van der Waals surface area contributed by atoms with E-state index in [1.165, 1.54) is 6.92 Å². The van der Waals surface area contributed by atoms with Gasteiger partial charge in [-0.3, -0.25) is 34.2 Å². The van der Waals surface area contributed by atoms with Gasteiger partial charge in [0, 0.05) is 37.2 Å². The number of amides is 4. The number of carbonyl (C=O) groups excluding carboxylic acids is 5. The van der Waals surface area contributed by atoms with Crippen LogP contribution in [0.2, 0.25) is 0 Å². The summed E-state index contributed by atoms with van der Waals surface area (Å²) in [5.74, 6) is -0.640. The molecule has 2 fully saturated rings. The molecule has 0 saturated carbocycles.